The highest BCUT2D eigenvalue weighted by atomic mass is 16.2. The van der Waals surface area contributed by atoms with Crippen molar-refractivity contribution in [2.24, 2.45) is 5.41 Å². The van der Waals surface area contributed by atoms with E-state index in [1.54, 1.807) is 4.90 Å². The Labute approximate surface area is 187 Å². The Morgan fingerprint density at radius 2 is 1.72 bits per heavy atom. The quantitative estimate of drug-likeness (QED) is 0.712. The van der Waals surface area contributed by atoms with Crippen LogP contribution < -0.4 is 15.5 Å². The molecule has 0 radical (unpaired) electrons. The first-order chi connectivity index (χ1) is 15.5. The van der Waals surface area contributed by atoms with Gasteiger partial charge in [0.25, 0.3) is 5.91 Å². The highest BCUT2D eigenvalue weighted by Gasteiger charge is 2.42. The fourth-order valence-electron chi connectivity index (χ4n) is 6.53. The molecule has 2 aromatic carbocycles. The van der Waals surface area contributed by atoms with E-state index >= 15 is 0 Å². The molecule has 0 unspecified atom stereocenters. The van der Waals surface area contributed by atoms with Crippen molar-refractivity contribution in [3.63, 3.8) is 0 Å². The van der Waals surface area contributed by atoms with E-state index in [0.717, 1.165) is 29.5 Å². The molecule has 6 rings (SSSR count). The predicted octanol–water partition coefficient (Wildman–Crippen LogP) is 3.63. The number of nitrogens with zero attached hydrogens (tertiary/aromatic N) is 1. The number of nitrogens with one attached hydrogen (secondary N) is 2. The Hall–Kier alpha value is -2.73. The summed E-state index contributed by atoms with van der Waals surface area (Å²) in [7, 11) is 0. The Morgan fingerprint density at radius 1 is 0.938 bits per heavy atom. The highest BCUT2D eigenvalue weighted by Crippen LogP contribution is 2.49. The minimum absolute atomic E-state index is 0.113. The lowest BCUT2D eigenvalue weighted by Gasteiger charge is -2.43. The molecule has 166 valence electrons. The van der Waals surface area contributed by atoms with Gasteiger partial charge in [-0.3, -0.25) is 24.6 Å². The number of benzene rings is 2. The number of imide groups is 1. The predicted molar refractivity (Wildman–Crippen MR) is 123 cm³/mol. The van der Waals surface area contributed by atoms with Crippen LogP contribution in [0, 0.1) is 5.41 Å². The molecule has 3 fully saturated rings. The summed E-state index contributed by atoms with van der Waals surface area (Å²) in [4.78, 5) is 39.3. The van der Waals surface area contributed by atoms with Crippen molar-refractivity contribution in [1.29, 1.82) is 0 Å². The molecule has 1 atom stereocenters. The number of piperidine rings is 2. The fraction of sp³-hybridized carbons (Fsp3) is 0.500. The minimum Gasteiger partial charge on any atom is -0.317 e. The zero-order valence-corrected chi connectivity index (χ0v) is 18.3. The van der Waals surface area contributed by atoms with Crippen molar-refractivity contribution in [3.8, 4) is 0 Å². The zero-order valence-electron chi connectivity index (χ0n) is 18.3. The average Bonchev–Trinajstić information content (AvgIpc) is 3.08. The van der Waals surface area contributed by atoms with Gasteiger partial charge in [0.1, 0.15) is 6.04 Å². The first-order valence-electron chi connectivity index (χ1n) is 12.0. The van der Waals surface area contributed by atoms with Crippen LogP contribution in [0.25, 0.3) is 10.8 Å². The minimum atomic E-state index is -0.629. The van der Waals surface area contributed by atoms with E-state index in [4.69, 9.17) is 0 Å². The topological polar surface area (TPSA) is 78.5 Å². The van der Waals surface area contributed by atoms with Crippen LogP contribution in [-0.4, -0.2) is 36.9 Å². The van der Waals surface area contributed by atoms with E-state index in [1.165, 1.54) is 44.1 Å². The van der Waals surface area contributed by atoms with Gasteiger partial charge in [0.05, 0.1) is 11.3 Å². The molecule has 0 bridgehead atoms. The number of anilines is 1. The zero-order chi connectivity index (χ0) is 21.9. The number of carbonyl (C=O) groups is 3. The molecule has 1 saturated carbocycles. The maximum absolute atomic E-state index is 13.5. The Morgan fingerprint density at radius 3 is 2.47 bits per heavy atom. The van der Waals surface area contributed by atoms with Crippen LogP contribution in [0.1, 0.15) is 73.2 Å². The summed E-state index contributed by atoms with van der Waals surface area (Å²) in [6.07, 6.45) is 8.08. The summed E-state index contributed by atoms with van der Waals surface area (Å²) in [5, 5.41) is 7.90. The lowest BCUT2D eigenvalue weighted by molar-refractivity contribution is -0.134. The molecule has 1 aliphatic carbocycles. The molecular formula is C26H29N3O3. The Bertz CT molecular complexity index is 1120. The van der Waals surface area contributed by atoms with Crippen LogP contribution in [0.4, 0.5) is 5.69 Å². The molecular weight excluding hydrogens is 402 g/mol. The van der Waals surface area contributed by atoms with Crippen LogP contribution in [0.5, 0.6) is 0 Å². The van der Waals surface area contributed by atoms with Crippen molar-refractivity contribution >= 4 is 34.2 Å². The third kappa shape index (κ3) is 3.07. The van der Waals surface area contributed by atoms with E-state index in [1.807, 2.05) is 12.1 Å². The molecule has 0 aromatic heterocycles. The van der Waals surface area contributed by atoms with Gasteiger partial charge in [-0.15, -0.1) is 0 Å². The second kappa shape index (κ2) is 7.41. The molecule has 2 saturated heterocycles. The third-order valence-electron chi connectivity index (χ3n) is 8.39. The van der Waals surface area contributed by atoms with Crippen molar-refractivity contribution < 1.29 is 14.4 Å². The SMILES string of the molecule is O=C1CC[C@H](N2C(=O)c3cc(C4CCC5(CCNCC5)CC4)cc4cccc2c34)C(=O)N1. The monoisotopic (exact) mass is 431 g/mol. The van der Waals surface area contributed by atoms with E-state index in [9.17, 15) is 14.4 Å². The first-order valence-corrected chi connectivity index (χ1v) is 12.0. The van der Waals surface area contributed by atoms with Crippen LogP contribution in [-0.2, 0) is 9.59 Å². The van der Waals surface area contributed by atoms with E-state index in [0.29, 0.717) is 23.3 Å². The molecule has 1 spiro atoms. The molecule has 4 aliphatic rings. The van der Waals surface area contributed by atoms with Gasteiger partial charge in [-0.05, 0) is 92.5 Å². The first kappa shape index (κ1) is 19.9. The third-order valence-corrected chi connectivity index (χ3v) is 8.39. The van der Waals surface area contributed by atoms with Gasteiger partial charge in [0, 0.05) is 11.8 Å². The average molecular weight is 432 g/mol. The molecule has 2 N–H and O–H groups in total. The normalized spacial score (nSPS) is 25.6. The molecule has 32 heavy (non-hydrogen) atoms. The largest absolute Gasteiger partial charge is 0.317 e. The lowest BCUT2D eigenvalue weighted by atomic mass is 9.64. The molecule has 2 aromatic rings. The molecule has 3 amide bonds. The maximum Gasteiger partial charge on any atom is 0.259 e. The van der Waals surface area contributed by atoms with Crippen molar-refractivity contribution in [2.75, 3.05) is 18.0 Å². The van der Waals surface area contributed by atoms with Crippen molar-refractivity contribution in [3.05, 3.63) is 41.5 Å². The summed E-state index contributed by atoms with van der Waals surface area (Å²) < 4.78 is 0. The summed E-state index contributed by atoms with van der Waals surface area (Å²) in [6.45, 7) is 2.27. The lowest BCUT2D eigenvalue weighted by Crippen LogP contribution is -2.53. The van der Waals surface area contributed by atoms with Crippen LogP contribution in [0.15, 0.2) is 30.3 Å². The Kier molecular flexibility index (Phi) is 4.61. The van der Waals surface area contributed by atoms with Gasteiger partial charge in [0.2, 0.25) is 11.8 Å². The smallest absolute Gasteiger partial charge is 0.259 e. The number of amides is 3. The number of hydrogen-bond donors (Lipinski definition) is 2. The molecule has 3 aliphatic heterocycles. The molecule has 3 heterocycles. The summed E-state index contributed by atoms with van der Waals surface area (Å²) in [5.74, 6) is -0.269. The van der Waals surface area contributed by atoms with Crippen LogP contribution in [0.2, 0.25) is 0 Å². The second-order valence-corrected chi connectivity index (χ2v) is 10.1. The van der Waals surface area contributed by atoms with Crippen LogP contribution in [0.3, 0.4) is 0 Å². The van der Waals surface area contributed by atoms with Gasteiger partial charge < -0.3 is 5.32 Å². The maximum atomic E-state index is 13.5. The number of hydrogen-bond acceptors (Lipinski definition) is 4. The van der Waals surface area contributed by atoms with Crippen LogP contribution >= 0.6 is 0 Å². The standard InChI is InChI=1S/C26H29N3O3/c30-22-5-4-21(24(31)28-22)29-20-3-1-2-17-14-18(15-19(23(17)20)25(29)32)16-6-8-26(9-7-16)10-12-27-13-11-26/h1-3,14-16,21,27H,4-13H2,(H,28,30,31)/t21-/m0/s1. The van der Waals surface area contributed by atoms with Crippen molar-refractivity contribution in [2.45, 2.75) is 63.3 Å². The fourth-order valence-corrected chi connectivity index (χ4v) is 6.53. The van der Waals surface area contributed by atoms with Gasteiger partial charge in [0.15, 0.2) is 0 Å². The number of carbonyl (C=O) groups excluding carboxylic acids is 3. The van der Waals surface area contributed by atoms with Gasteiger partial charge in [-0.1, -0.05) is 18.2 Å². The number of rotatable bonds is 2. The summed E-state index contributed by atoms with van der Waals surface area (Å²) in [5.41, 5.74) is 3.27. The summed E-state index contributed by atoms with van der Waals surface area (Å²) in [6, 6.07) is 9.68. The highest BCUT2D eigenvalue weighted by molar-refractivity contribution is 6.27. The Balaban J connectivity index is 1.32. The van der Waals surface area contributed by atoms with Gasteiger partial charge >= 0.3 is 0 Å². The van der Waals surface area contributed by atoms with Gasteiger partial charge in [-0.2, -0.15) is 0 Å². The van der Waals surface area contributed by atoms with Gasteiger partial charge in [-0.25, -0.2) is 0 Å². The van der Waals surface area contributed by atoms with E-state index < -0.39 is 6.04 Å². The summed E-state index contributed by atoms with van der Waals surface area (Å²) >= 11 is 0. The second-order valence-electron chi connectivity index (χ2n) is 10.1. The molecule has 6 nitrogen and oxygen atoms in total. The van der Waals surface area contributed by atoms with E-state index in [-0.39, 0.29) is 24.1 Å². The van der Waals surface area contributed by atoms with E-state index in [2.05, 4.69) is 28.8 Å². The molecule has 6 heteroatoms. The van der Waals surface area contributed by atoms with Crippen molar-refractivity contribution in [1.82, 2.24) is 10.6 Å².